The van der Waals surface area contributed by atoms with Crippen LogP contribution in [0.5, 0.6) is 0 Å². The van der Waals surface area contributed by atoms with E-state index in [0.29, 0.717) is 0 Å². The molecule has 0 heterocycles. The summed E-state index contributed by atoms with van der Waals surface area (Å²) in [5.74, 6) is 0. The number of hydrogen-bond acceptors (Lipinski definition) is 2. The first kappa shape index (κ1) is 10.2. The highest BCUT2D eigenvalue weighted by Crippen LogP contribution is 2.29. The van der Waals surface area contributed by atoms with Gasteiger partial charge in [0.15, 0.2) is 0 Å². The van der Waals surface area contributed by atoms with Crippen molar-refractivity contribution >= 4 is 8.25 Å². The summed E-state index contributed by atoms with van der Waals surface area (Å²) >= 11 is 0. The van der Waals surface area contributed by atoms with E-state index in [9.17, 15) is 4.57 Å². The van der Waals surface area contributed by atoms with Crippen molar-refractivity contribution in [3.8, 4) is 0 Å². The first-order valence-electron chi connectivity index (χ1n) is 3.23. The van der Waals surface area contributed by atoms with Crippen molar-refractivity contribution in [2.45, 2.75) is 33.8 Å². The molecule has 0 aliphatic rings. The van der Waals surface area contributed by atoms with Gasteiger partial charge in [-0.25, -0.2) is 0 Å². The largest absolute Gasteiger partial charge is 0.326 e. The highest BCUT2D eigenvalue weighted by molar-refractivity contribution is 7.32. The van der Waals surface area contributed by atoms with Gasteiger partial charge in [-0.15, -0.1) is 0 Å². The highest BCUT2D eigenvalue weighted by atomic mass is 31.1. The molecular formula is C6H15O3P. The molecule has 0 amide bonds. The number of rotatable bonds is 2. The lowest BCUT2D eigenvalue weighted by atomic mass is 9.91. The fourth-order valence-corrected chi connectivity index (χ4v) is 0.984. The van der Waals surface area contributed by atoms with Gasteiger partial charge in [-0.2, -0.15) is 0 Å². The van der Waals surface area contributed by atoms with Gasteiger partial charge in [0.1, 0.15) is 0 Å². The van der Waals surface area contributed by atoms with Crippen LogP contribution in [-0.2, 0) is 9.09 Å². The Balaban J connectivity index is 3.85. The third kappa shape index (κ3) is 4.04. The van der Waals surface area contributed by atoms with E-state index in [0.717, 1.165) is 0 Å². The molecule has 0 aromatic carbocycles. The van der Waals surface area contributed by atoms with Crippen LogP contribution in [-0.4, -0.2) is 11.0 Å². The van der Waals surface area contributed by atoms with Crippen molar-refractivity contribution in [3.05, 3.63) is 0 Å². The Bertz CT molecular complexity index is 127. The monoisotopic (exact) mass is 166 g/mol. The Kier molecular flexibility index (Phi) is 3.57. The second kappa shape index (κ2) is 3.51. The van der Waals surface area contributed by atoms with E-state index in [-0.39, 0.29) is 11.5 Å². The summed E-state index contributed by atoms with van der Waals surface area (Å²) in [4.78, 5) is 8.41. The molecule has 0 saturated carbocycles. The summed E-state index contributed by atoms with van der Waals surface area (Å²) in [6, 6.07) is 0. The maximum atomic E-state index is 10.2. The van der Waals surface area contributed by atoms with Gasteiger partial charge in [-0.05, 0) is 12.3 Å². The molecule has 0 aliphatic heterocycles. The maximum absolute atomic E-state index is 10.2. The smallest absolute Gasteiger partial charge is 0.316 e. The Morgan fingerprint density at radius 1 is 1.50 bits per heavy atom. The van der Waals surface area contributed by atoms with E-state index in [1.807, 2.05) is 20.8 Å². The minimum absolute atomic E-state index is 0.0664. The molecule has 2 atom stereocenters. The van der Waals surface area contributed by atoms with Crippen molar-refractivity contribution in [2.75, 3.05) is 0 Å². The van der Waals surface area contributed by atoms with Gasteiger partial charge in [-0.3, -0.25) is 4.57 Å². The average Bonchev–Trinajstić information content (AvgIpc) is 1.60. The lowest BCUT2D eigenvalue weighted by Crippen LogP contribution is -2.23. The van der Waals surface area contributed by atoms with Gasteiger partial charge < -0.3 is 9.42 Å². The van der Waals surface area contributed by atoms with Crippen LogP contribution < -0.4 is 0 Å². The van der Waals surface area contributed by atoms with Crippen molar-refractivity contribution in [2.24, 2.45) is 5.41 Å². The second-order valence-corrected chi connectivity index (χ2v) is 4.16. The zero-order valence-electron chi connectivity index (χ0n) is 6.84. The van der Waals surface area contributed by atoms with Gasteiger partial charge in [0.2, 0.25) is 0 Å². The second-order valence-electron chi connectivity index (χ2n) is 3.39. The Labute approximate surface area is 62.3 Å². The van der Waals surface area contributed by atoms with Gasteiger partial charge in [0, 0.05) is 0 Å². The topological polar surface area (TPSA) is 46.5 Å². The van der Waals surface area contributed by atoms with E-state index in [1.165, 1.54) is 0 Å². The molecule has 0 fully saturated rings. The van der Waals surface area contributed by atoms with Crippen LogP contribution in [0, 0.1) is 5.41 Å². The standard InChI is InChI=1S/C6H15O3P/c1-5(6(2,3)4)9-10(7)8/h5,10H,1-4H3,(H,7,8). The summed E-state index contributed by atoms with van der Waals surface area (Å²) in [5, 5.41) is 0. The predicted molar refractivity (Wildman–Crippen MR) is 41.2 cm³/mol. The molecule has 4 heteroatoms. The van der Waals surface area contributed by atoms with Crippen LogP contribution in [0.25, 0.3) is 0 Å². The van der Waals surface area contributed by atoms with Gasteiger partial charge in [-0.1, -0.05) is 20.8 Å². The van der Waals surface area contributed by atoms with Crippen LogP contribution in [0.4, 0.5) is 0 Å². The summed E-state index contributed by atoms with van der Waals surface area (Å²) < 4.78 is 14.9. The minimum Gasteiger partial charge on any atom is -0.326 e. The van der Waals surface area contributed by atoms with Gasteiger partial charge in [0.05, 0.1) is 6.10 Å². The third-order valence-electron chi connectivity index (χ3n) is 1.50. The maximum Gasteiger partial charge on any atom is 0.316 e. The van der Waals surface area contributed by atoms with E-state index >= 15 is 0 Å². The lowest BCUT2D eigenvalue weighted by molar-refractivity contribution is 0.0986. The molecule has 10 heavy (non-hydrogen) atoms. The van der Waals surface area contributed by atoms with Crippen LogP contribution in [0.2, 0.25) is 0 Å². The van der Waals surface area contributed by atoms with Crippen LogP contribution in [0.3, 0.4) is 0 Å². The zero-order chi connectivity index (χ0) is 8.36. The average molecular weight is 166 g/mol. The lowest BCUT2D eigenvalue weighted by Gasteiger charge is -2.25. The van der Waals surface area contributed by atoms with E-state index in [1.54, 1.807) is 6.92 Å². The fraction of sp³-hybridized carbons (Fsp3) is 1.00. The first-order chi connectivity index (χ1) is 4.34. The van der Waals surface area contributed by atoms with E-state index < -0.39 is 8.25 Å². The van der Waals surface area contributed by atoms with Crippen LogP contribution >= 0.6 is 8.25 Å². The van der Waals surface area contributed by atoms with Gasteiger partial charge in [0.25, 0.3) is 0 Å². The zero-order valence-corrected chi connectivity index (χ0v) is 7.84. The summed E-state index contributed by atoms with van der Waals surface area (Å²) in [6.07, 6.45) is -0.177. The molecule has 3 nitrogen and oxygen atoms in total. The molecule has 0 saturated heterocycles. The van der Waals surface area contributed by atoms with Crippen molar-refractivity contribution < 1.29 is 14.0 Å². The summed E-state index contributed by atoms with van der Waals surface area (Å²) in [7, 11) is -2.77. The van der Waals surface area contributed by atoms with Crippen molar-refractivity contribution in [3.63, 3.8) is 0 Å². The van der Waals surface area contributed by atoms with Crippen molar-refractivity contribution in [1.82, 2.24) is 0 Å². The SMILES string of the molecule is CC(O[PH](=O)O)C(C)(C)C. The van der Waals surface area contributed by atoms with Crippen LogP contribution in [0.1, 0.15) is 27.7 Å². The normalized spacial score (nSPS) is 18.5. The molecule has 2 unspecified atom stereocenters. The first-order valence-corrected chi connectivity index (χ1v) is 4.50. The van der Waals surface area contributed by atoms with Gasteiger partial charge >= 0.3 is 8.25 Å². The van der Waals surface area contributed by atoms with Crippen molar-refractivity contribution in [1.29, 1.82) is 0 Å². The van der Waals surface area contributed by atoms with E-state index in [4.69, 9.17) is 9.42 Å². The minimum atomic E-state index is -2.77. The molecule has 0 aromatic rings. The fourth-order valence-electron chi connectivity index (χ4n) is 0.328. The Morgan fingerprint density at radius 2 is 1.90 bits per heavy atom. The third-order valence-corrected chi connectivity index (χ3v) is 2.05. The molecule has 0 aliphatic carbocycles. The molecule has 1 N–H and O–H groups in total. The molecule has 0 aromatic heterocycles. The Morgan fingerprint density at radius 3 is 2.00 bits per heavy atom. The molecule has 62 valence electrons. The highest BCUT2D eigenvalue weighted by Gasteiger charge is 2.21. The summed E-state index contributed by atoms with van der Waals surface area (Å²) in [5.41, 5.74) is -0.0664. The summed E-state index contributed by atoms with van der Waals surface area (Å²) in [6.45, 7) is 7.67. The number of hydrogen-bond donors (Lipinski definition) is 1. The predicted octanol–water partition coefficient (Wildman–Crippen LogP) is 1.82. The molecule has 0 bridgehead atoms. The Hall–Kier alpha value is 0.150. The molecule has 0 rings (SSSR count). The quantitative estimate of drug-likeness (QED) is 0.636. The van der Waals surface area contributed by atoms with E-state index in [2.05, 4.69) is 0 Å². The molecular weight excluding hydrogens is 151 g/mol. The van der Waals surface area contributed by atoms with Crippen LogP contribution in [0.15, 0.2) is 0 Å². The molecule has 0 spiro atoms. The molecule has 0 radical (unpaired) electrons.